The molecular weight excluding hydrogens is 354 g/mol. The zero-order valence-electron chi connectivity index (χ0n) is 16.4. The third kappa shape index (κ3) is 3.54. The van der Waals surface area contributed by atoms with Crippen molar-refractivity contribution in [3.8, 4) is 0 Å². The van der Waals surface area contributed by atoms with Crippen LogP contribution in [0.3, 0.4) is 0 Å². The number of nitrogens with one attached hydrogen (secondary N) is 1. The lowest BCUT2D eigenvalue weighted by Gasteiger charge is -2.11. The highest BCUT2D eigenvalue weighted by molar-refractivity contribution is 6.10. The molecule has 3 aromatic rings. The van der Waals surface area contributed by atoms with Crippen LogP contribution < -0.4 is 11.1 Å². The van der Waals surface area contributed by atoms with E-state index in [0.29, 0.717) is 41.6 Å². The number of benzene rings is 1. The second-order valence-corrected chi connectivity index (χ2v) is 7.82. The highest BCUT2D eigenvalue weighted by atomic mass is 16.5. The van der Waals surface area contributed by atoms with Crippen molar-refractivity contribution in [2.45, 2.75) is 45.8 Å². The molecule has 2 aromatic heterocycles. The minimum absolute atomic E-state index is 0.0754. The number of para-hydroxylation sites is 2. The predicted molar refractivity (Wildman–Crippen MR) is 110 cm³/mol. The van der Waals surface area contributed by atoms with Gasteiger partial charge in [0.15, 0.2) is 5.65 Å². The van der Waals surface area contributed by atoms with E-state index in [4.69, 9.17) is 20.4 Å². The molecule has 7 heteroatoms. The topological polar surface area (TPSA) is 95.1 Å². The number of anilines is 1. The van der Waals surface area contributed by atoms with Crippen molar-refractivity contribution < 1.29 is 9.53 Å². The van der Waals surface area contributed by atoms with E-state index in [1.165, 1.54) is 0 Å². The molecule has 0 unspecified atom stereocenters. The molecule has 28 heavy (non-hydrogen) atoms. The van der Waals surface area contributed by atoms with Crippen LogP contribution in [-0.4, -0.2) is 39.7 Å². The minimum Gasteiger partial charge on any atom is -0.384 e. The maximum Gasteiger partial charge on any atom is 0.257 e. The van der Waals surface area contributed by atoms with Crippen LogP contribution in [0.1, 0.15) is 43.5 Å². The van der Waals surface area contributed by atoms with Crippen LogP contribution in [-0.2, 0) is 11.3 Å². The van der Waals surface area contributed by atoms with E-state index in [1.807, 2.05) is 28.8 Å². The van der Waals surface area contributed by atoms with Crippen molar-refractivity contribution in [3.63, 3.8) is 0 Å². The lowest BCUT2D eigenvalue weighted by atomic mass is 10.1. The Labute approximate surface area is 164 Å². The van der Waals surface area contributed by atoms with E-state index in [1.54, 1.807) is 0 Å². The van der Waals surface area contributed by atoms with Crippen LogP contribution in [0.5, 0.6) is 0 Å². The maximum absolute atomic E-state index is 13.0. The summed E-state index contributed by atoms with van der Waals surface area (Å²) in [6.45, 7) is 6.27. The number of aryl methyl sites for hydroxylation is 1. The number of carbonyl (C=O) groups excluding carboxylic acids is 1. The molecule has 0 radical (unpaired) electrons. The van der Waals surface area contributed by atoms with Crippen molar-refractivity contribution in [1.82, 2.24) is 19.9 Å². The summed E-state index contributed by atoms with van der Waals surface area (Å²) in [6, 6.07) is 7.67. The number of nitrogens with zero attached hydrogens (tertiary/aromatic N) is 3. The van der Waals surface area contributed by atoms with Gasteiger partial charge in [-0.1, -0.05) is 26.0 Å². The van der Waals surface area contributed by atoms with Crippen LogP contribution in [0.25, 0.3) is 22.2 Å². The quantitative estimate of drug-likeness (QED) is 0.684. The number of hydrogen-bond acceptors (Lipinski definition) is 5. The van der Waals surface area contributed by atoms with Gasteiger partial charge < -0.3 is 20.4 Å². The molecule has 0 saturated carbocycles. The molecular formula is C21H27N5O2. The number of rotatable bonds is 6. The Balaban J connectivity index is 1.75. The van der Waals surface area contributed by atoms with Gasteiger partial charge in [-0.2, -0.15) is 0 Å². The third-order valence-electron chi connectivity index (χ3n) is 5.26. The number of hydrogen-bond donors (Lipinski definition) is 2. The molecule has 1 saturated heterocycles. The number of fused-ring (bicyclic) bond motifs is 2. The molecule has 3 heterocycles. The Kier molecular flexibility index (Phi) is 5.17. The van der Waals surface area contributed by atoms with Gasteiger partial charge >= 0.3 is 0 Å². The first kappa shape index (κ1) is 18.7. The van der Waals surface area contributed by atoms with Crippen LogP contribution in [0.15, 0.2) is 24.3 Å². The molecule has 1 fully saturated rings. The Morgan fingerprint density at radius 2 is 2.07 bits per heavy atom. The molecule has 1 amide bonds. The second-order valence-electron chi connectivity index (χ2n) is 7.82. The average Bonchev–Trinajstić information content (AvgIpc) is 3.28. The fourth-order valence-corrected chi connectivity index (χ4v) is 3.65. The first-order chi connectivity index (χ1) is 13.5. The Bertz CT molecular complexity index is 1000. The molecule has 148 valence electrons. The molecule has 3 N–H and O–H groups in total. The van der Waals surface area contributed by atoms with E-state index < -0.39 is 0 Å². The van der Waals surface area contributed by atoms with Gasteiger partial charge in [-0.15, -0.1) is 0 Å². The number of carbonyl (C=O) groups is 1. The molecule has 1 aromatic carbocycles. The van der Waals surface area contributed by atoms with Crippen molar-refractivity contribution in [2.75, 3.05) is 18.9 Å². The van der Waals surface area contributed by atoms with Gasteiger partial charge in [0.2, 0.25) is 0 Å². The number of aromatic nitrogens is 3. The zero-order valence-corrected chi connectivity index (χ0v) is 16.4. The summed E-state index contributed by atoms with van der Waals surface area (Å²) in [7, 11) is 0. The summed E-state index contributed by atoms with van der Waals surface area (Å²) >= 11 is 0. The fraction of sp³-hybridized carbons (Fsp3) is 0.476. The highest BCUT2D eigenvalue weighted by Crippen LogP contribution is 2.28. The zero-order chi connectivity index (χ0) is 19.7. The van der Waals surface area contributed by atoms with Gasteiger partial charge in [0.25, 0.3) is 5.91 Å². The van der Waals surface area contributed by atoms with Gasteiger partial charge in [0, 0.05) is 19.7 Å². The SMILES string of the molecule is CC(C)CCn1c(N)c(C(=O)NC[C@H]2CCCO2)c2nc3ccccc3nc21. The van der Waals surface area contributed by atoms with Gasteiger partial charge in [-0.3, -0.25) is 4.79 Å². The van der Waals surface area contributed by atoms with Crippen molar-refractivity contribution in [2.24, 2.45) is 5.92 Å². The van der Waals surface area contributed by atoms with E-state index >= 15 is 0 Å². The van der Waals surface area contributed by atoms with E-state index in [9.17, 15) is 4.79 Å². The smallest absolute Gasteiger partial charge is 0.257 e. The second kappa shape index (κ2) is 7.75. The van der Waals surface area contributed by atoms with E-state index in [-0.39, 0.29) is 12.0 Å². The van der Waals surface area contributed by atoms with Gasteiger partial charge in [-0.05, 0) is 37.3 Å². The van der Waals surface area contributed by atoms with E-state index in [2.05, 4.69) is 19.2 Å². The largest absolute Gasteiger partial charge is 0.384 e. The predicted octanol–water partition coefficient (Wildman–Crippen LogP) is 3.12. The minimum atomic E-state index is -0.217. The monoisotopic (exact) mass is 381 g/mol. The molecule has 0 bridgehead atoms. The molecule has 1 aliphatic heterocycles. The standard InChI is InChI=1S/C21H27N5O2/c1-13(2)9-10-26-19(22)17(21(27)23-12-14-6-5-11-28-14)18-20(26)25-16-8-4-3-7-15(16)24-18/h3-4,7-8,13-14H,5-6,9-12,22H2,1-2H3,(H,23,27)/t14-/m1/s1. The van der Waals surface area contributed by atoms with Crippen LogP contribution >= 0.6 is 0 Å². The lowest BCUT2D eigenvalue weighted by molar-refractivity contribution is 0.0859. The third-order valence-corrected chi connectivity index (χ3v) is 5.26. The average molecular weight is 381 g/mol. The Hall–Kier alpha value is -2.67. The normalized spacial score (nSPS) is 17.0. The van der Waals surface area contributed by atoms with Crippen molar-refractivity contribution in [1.29, 1.82) is 0 Å². The van der Waals surface area contributed by atoms with Crippen LogP contribution in [0.4, 0.5) is 5.82 Å². The van der Waals surface area contributed by atoms with E-state index in [0.717, 1.165) is 36.9 Å². The molecule has 0 aliphatic carbocycles. The van der Waals surface area contributed by atoms with Gasteiger partial charge in [-0.25, -0.2) is 9.97 Å². The summed E-state index contributed by atoms with van der Waals surface area (Å²) in [4.78, 5) is 22.5. The number of amides is 1. The number of nitrogens with two attached hydrogens (primary N) is 1. The first-order valence-corrected chi connectivity index (χ1v) is 9.99. The highest BCUT2D eigenvalue weighted by Gasteiger charge is 2.25. The molecule has 0 spiro atoms. The Morgan fingerprint density at radius 3 is 2.75 bits per heavy atom. The summed E-state index contributed by atoms with van der Waals surface area (Å²) in [6.07, 6.45) is 3.02. The van der Waals surface area contributed by atoms with Gasteiger partial charge in [0.1, 0.15) is 16.9 Å². The summed E-state index contributed by atoms with van der Waals surface area (Å²) in [5, 5.41) is 2.98. The summed E-state index contributed by atoms with van der Waals surface area (Å²) in [5.41, 5.74) is 9.63. The van der Waals surface area contributed by atoms with Gasteiger partial charge in [0.05, 0.1) is 17.1 Å². The molecule has 1 aliphatic rings. The molecule has 4 rings (SSSR count). The first-order valence-electron chi connectivity index (χ1n) is 9.99. The van der Waals surface area contributed by atoms with Crippen molar-refractivity contribution >= 4 is 33.9 Å². The van der Waals surface area contributed by atoms with Crippen LogP contribution in [0, 0.1) is 5.92 Å². The van der Waals surface area contributed by atoms with Crippen LogP contribution in [0.2, 0.25) is 0 Å². The lowest BCUT2D eigenvalue weighted by Crippen LogP contribution is -2.32. The summed E-state index contributed by atoms with van der Waals surface area (Å²) in [5.74, 6) is 0.726. The van der Waals surface area contributed by atoms with Crippen molar-refractivity contribution in [3.05, 3.63) is 29.8 Å². The number of ether oxygens (including phenoxy) is 1. The number of nitrogen functional groups attached to an aromatic ring is 1. The molecule has 1 atom stereocenters. The summed E-state index contributed by atoms with van der Waals surface area (Å²) < 4.78 is 7.53. The Morgan fingerprint density at radius 1 is 1.32 bits per heavy atom. The fourth-order valence-electron chi connectivity index (χ4n) is 3.65. The maximum atomic E-state index is 13.0. The molecule has 7 nitrogen and oxygen atoms in total.